The Morgan fingerprint density at radius 3 is 2.62 bits per heavy atom. The van der Waals surface area contributed by atoms with Crippen LogP contribution >= 0.6 is 24.0 Å². The quantitative estimate of drug-likeness (QED) is 0.271. The van der Waals surface area contributed by atoms with Gasteiger partial charge in [-0.25, -0.2) is 0 Å². The minimum atomic E-state index is 0. The average molecular weight is 345 g/mol. The molecule has 0 spiro atoms. The van der Waals surface area contributed by atoms with Gasteiger partial charge in [-0.05, 0) is 12.8 Å². The highest BCUT2D eigenvalue weighted by molar-refractivity contribution is 14.0. The molecule has 0 heterocycles. The van der Waals surface area contributed by atoms with Crippen molar-refractivity contribution in [3.05, 3.63) is 0 Å². The molecule has 0 aromatic rings. The third kappa shape index (κ3) is 10.4. The van der Waals surface area contributed by atoms with E-state index in [0.29, 0.717) is 13.2 Å². The van der Waals surface area contributed by atoms with Gasteiger partial charge >= 0.3 is 0 Å². The Bertz CT molecular complexity index is 179. The van der Waals surface area contributed by atoms with Crippen LogP contribution in [-0.4, -0.2) is 51.0 Å². The van der Waals surface area contributed by atoms with Crippen LogP contribution in [0.4, 0.5) is 0 Å². The van der Waals surface area contributed by atoms with Crippen molar-refractivity contribution in [2.45, 2.75) is 13.8 Å². The summed E-state index contributed by atoms with van der Waals surface area (Å²) in [6.07, 6.45) is 0. The first-order valence-corrected chi connectivity index (χ1v) is 5.36. The second kappa shape index (κ2) is 13.0. The molecule has 16 heavy (non-hydrogen) atoms. The molecule has 1 atom stereocenters. The molecular weight excluding hydrogens is 321 g/mol. The number of nitrogens with zero attached hydrogens (tertiary/aromatic N) is 1. The summed E-state index contributed by atoms with van der Waals surface area (Å²) in [6, 6.07) is 0. The van der Waals surface area contributed by atoms with Gasteiger partial charge in [0.15, 0.2) is 5.96 Å². The summed E-state index contributed by atoms with van der Waals surface area (Å²) in [7, 11) is 1.67. The lowest BCUT2D eigenvalue weighted by Gasteiger charge is -2.11. The number of hydrogen-bond donors (Lipinski definition) is 3. The molecule has 0 aromatic heterocycles. The maximum atomic E-state index is 8.86. The second-order valence-corrected chi connectivity index (χ2v) is 3.43. The van der Waals surface area contributed by atoms with Gasteiger partial charge in [-0.2, -0.15) is 0 Å². The molecule has 98 valence electrons. The Morgan fingerprint density at radius 2 is 2.12 bits per heavy atom. The van der Waals surface area contributed by atoms with E-state index in [0.717, 1.165) is 19.0 Å². The van der Waals surface area contributed by atoms with Gasteiger partial charge in [0, 0.05) is 33.4 Å². The molecule has 3 N–H and O–H groups in total. The number of halogens is 1. The minimum Gasteiger partial charge on any atom is -0.396 e. The summed E-state index contributed by atoms with van der Waals surface area (Å²) in [5, 5.41) is 15.1. The lowest BCUT2D eigenvalue weighted by atomic mass is 10.2. The number of aliphatic hydroxyl groups is 1. The van der Waals surface area contributed by atoms with E-state index in [4.69, 9.17) is 9.84 Å². The summed E-state index contributed by atoms with van der Waals surface area (Å²) in [6.45, 7) is 6.98. The van der Waals surface area contributed by atoms with E-state index in [1.807, 2.05) is 13.8 Å². The van der Waals surface area contributed by atoms with Gasteiger partial charge in [0.05, 0.1) is 6.61 Å². The van der Waals surface area contributed by atoms with Gasteiger partial charge in [0.2, 0.25) is 0 Å². The third-order valence-corrected chi connectivity index (χ3v) is 1.82. The fourth-order valence-corrected chi connectivity index (χ4v) is 0.918. The molecule has 0 saturated heterocycles. The predicted octanol–water partition coefficient (Wildman–Crippen LogP) is 0.434. The van der Waals surface area contributed by atoms with Crippen molar-refractivity contribution in [1.29, 1.82) is 0 Å². The molecule has 0 aromatic carbocycles. The molecule has 6 heteroatoms. The number of nitrogens with one attached hydrogen (secondary N) is 2. The van der Waals surface area contributed by atoms with Crippen LogP contribution in [0.15, 0.2) is 4.99 Å². The number of ether oxygens (including phenoxy) is 1. The third-order valence-electron chi connectivity index (χ3n) is 1.82. The van der Waals surface area contributed by atoms with Crippen LogP contribution in [0, 0.1) is 5.92 Å². The normalized spacial score (nSPS) is 12.9. The number of aliphatic imine (C=N–C) groups is 1. The fraction of sp³-hybridized carbons (Fsp3) is 0.900. The molecule has 0 aliphatic rings. The zero-order valence-electron chi connectivity index (χ0n) is 10.3. The largest absolute Gasteiger partial charge is 0.396 e. The second-order valence-electron chi connectivity index (χ2n) is 3.43. The Hall–Kier alpha value is -0.0800. The molecular formula is C10H24IN3O2. The van der Waals surface area contributed by atoms with E-state index in [-0.39, 0.29) is 36.5 Å². The van der Waals surface area contributed by atoms with Gasteiger partial charge < -0.3 is 20.5 Å². The Morgan fingerprint density at radius 1 is 1.44 bits per heavy atom. The molecule has 0 bridgehead atoms. The number of hydrogen-bond acceptors (Lipinski definition) is 3. The smallest absolute Gasteiger partial charge is 0.191 e. The van der Waals surface area contributed by atoms with Crippen LogP contribution in [0.3, 0.4) is 0 Å². The maximum Gasteiger partial charge on any atom is 0.191 e. The first-order valence-electron chi connectivity index (χ1n) is 5.36. The van der Waals surface area contributed by atoms with Gasteiger partial charge in [0.25, 0.3) is 0 Å². The fourth-order valence-electron chi connectivity index (χ4n) is 0.918. The van der Waals surface area contributed by atoms with Crippen molar-refractivity contribution < 1.29 is 9.84 Å². The lowest BCUT2D eigenvalue weighted by Crippen LogP contribution is -2.39. The number of rotatable bonds is 7. The van der Waals surface area contributed by atoms with Crippen molar-refractivity contribution >= 4 is 29.9 Å². The zero-order chi connectivity index (χ0) is 11.5. The van der Waals surface area contributed by atoms with Crippen LogP contribution in [0.5, 0.6) is 0 Å². The van der Waals surface area contributed by atoms with E-state index in [9.17, 15) is 0 Å². The Balaban J connectivity index is 0. The van der Waals surface area contributed by atoms with Crippen molar-refractivity contribution in [3.8, 4) is 0 Å². The van der Waals surface area contributed by atoms with E-state index in [2.05, 4.69) is 15.6 Å². The van der Waals surface area contributed by atoms with Gasteiger partial charge in [-0.1, -0.05) is 6.92 Å². The topological polar surface area (TPSA) is 65.9 Å². The van der Waals surface area contributed by atoms with Crippen LogP contribution in [-0.2, 0) is 4.74 Å². The van der Waals surface area contributed by atoms with Crippen molar-refractivity contribution in [2.24, 2.45) is 10.9 Å². The monoisotopic (exact) mass is 345 g/mol. The SMILES string of the molecule is CCNC(=NCC(C)CO)NCCOC.I. The summed E-state index contributed by atoms with van der Waals surface area (Å²) in [5.74, 6) is 0.970. The number of aliphatic hydroxyl groups excluding tert-OH is 1. The van der Waals surface area contributed by atoms with Crippen LogP contribution in [0.25, 0.3) is 0 Å². The molecule has 5 nitrogen and oxygen atoms in total. The predicted molar refractivity (Wildman–Crippen MR) is 77.5 cm³/mol. The molecule has 0 radical (unpaired) electrons. The van der Waals surface area contributed by atoms with Crippen molar-refractivity contribution in [2.75, 3.05) is 40.0 Å². The Kier molecular flexibility index (Phi) is 14.8. The molecule has 0 aliphatic carbocycles. The maximum absolute atomic E-state index is 8.86. The molecule has 0 fully saturated rings. The van der Waals surface area contributed by atoms with Gasteiger partial charge in [0.1, 0.15) is 0 Å². The summed E-state index contributed by atoms with van der Waals surface area (Å²) < 4.78 is 4.93. The highest BCUT2D eigenvalue weighted by Crippen LogP contribution is 1.92. The summed E-state index contributed by atoms with van der Waals surface area (Å²) in [5.41, 5.74) is 0. The molecule has 0 aliphatic heterocycles. The highest BCUT2D eigenvalue weighted by atomic mass is 127. The zero-order valence-corrected chi connectivity index (χ0v) is 12.7. The first kappa shape index (κ1) is 18.3. The van der Waals surface area contributed by atoms with Crippen molar-refractivity contribution in [1.82, 2.24) is 10.6 Å². The van der Waals surface area contributed by atoms with Gasteiger partial charge in [-0.3, -0.25) is 4.99 Å². The van der Waals surface area contributed by atoms with Gasteiger partial charge in [-0.15, -0.1) is 24.0 Å². The summed E-state index contributed by atoms with van der Waals surface area (Å²) in [4.78, 5) is 4.33. The molecule has 1 unspecified atom stereocenters. The van der Waals surface area contributed by atoms with Crippen LogP contribution in [0.2, 0.25) is 0 Å². The summed E-state index contributed by atoms with van der Waals surface area (Å²) >= 11 is 0. The van der Waals surface area contributed by atoms with Crippen molar-refractivity contribution in [3.63, 3.8) is 0 Å². The van der Waals surface area contributed by atoms with E-state index < -0.39 is 0 Å². The average Bonchev–Trinajstić information content (AvgIpc) is 2.25. The molecule has 0 saturated carbocycles. The standard InChI is InChI=1S/C10H23N3O2.HI/c1-4-11-10(12-5-6-15-3)13-7-9(2)8-14;/h9,14H,4-8H2,1-3H3,(H2,11,12,13);1H. The van der Waals surface area contributed by atoms with Crippen LogP contribution in [0.1, 0.15) is 13.8 Å². The highest BCUT2D eigenvalue weighted by Gasteiger charge is 2.00. The first-order chi connectivity index (χ1) is 7.24. The van der Waals surface area contributed by atoms with E-state index >= 15 is 0 Å². The lowest BCUT2D eigenvalue weighted by molar-refractivity contribution is 0.203. The Labute approximate surface area is 115 Å². The van der Waals surface area contributed by atoms with E-state index in [1.54, 1.807) is 7.11 Å². The number of methoxy groups -OCH3 is 1. The number of guanidine groups is 1. The van der Waals surface area contributed by atoms with Crippen LogP contribution < -0.4 is 10.6 Å². The van der Waals surface area contributed by atoms with E-state index in [1.165, 1.54) is 0 Å². The molecule has 0 amide bonds. The molecule has 0 rings (SSSR count). The minimum absolute atomic E-state index is 0.